The molecule has 0 atom stereocenters. The van der Waals surface area contributed by atoms with Crippen molar-refractivity contribution in [2.45, 2.75) is 59.0 Å². The molecule has 0 heterocycles. The summed E-state index contributed by atoms with van der Waals surface area (Å²) in [6.45, 7) is 6.29. The molecule has 0 bridgehead atoms. The van der Waals surface area contributed by atoms with Crippen molar-refractivity contribution in [2.24, 2.45) is 0 Å². The van der Waals surface area contributed by atoms with Gasteiger partial charge in [0.05, 0.1) is 12.7 Å². The molecule has 0 saturated heterocycles. The van der Waals surface area contributed by atoms with Crippen molar-refractivity contribution in [3.05, 3.63) is 36.4 Å². The molecular weight excluding hydrogens is 320 g/mol. The highest BCUT2D eigenvalue weighted by atomic mass is 16.6. The molecule has 0 saturated carbocycles. The zero-order valence-electron chi connectivity index (χ0n) is 15.3. The number of unbranched alkanes of at least 4 members (excludes halogenated alkanes) is 4. The Hall–Kier alpha value is -2.30. The fraction of sp³-hybridized carbons (Fsp3) is 0.500. The Bertz CT molecular complexity index is 563. The van der Waals surface area contributed by atoms with Crippen LogP contribution in [-0.2, 0) is 14.3 Å². The summed E-state index contributed by atoms with van der Waals surface area (Å²) in [7, 11) is 0. The molecule has 0 aromatic heterocycles. The van der Waals surface area contributed by atoms with Crippen molar-refractivity contribution in [1.29, 1.82) is 0 Å². The molecule has 0 spiro atoms. The molecule has 0 amide bonds. The van der Waals surface area contributed by atoms with E-state index in [2.05, 4.69) is 6.92 Å². The summed E-state index contributed by atoms with van der Waals surface area (Å²) in [4.78, 5) is 23.4. The first-order valence-electron chi connectivity index (χ1n) is 8.85. The molecule has 138 valence electrons. The lowest BCUT2D eigenvalue weighted by molar-refractivity contribution is -0.138. The summed E-state index contributed by atoms with van der Waals surface area (Å²) in [5.41, 5.74) is 0. The van der Waals surface area contributed by atoms with Gasteiger partial charge in [-0.1, -0.05) is 44.7 Å². The summed E-state index contributed by atoms with van der Waals surface area (Å²) < 4.78 is 15.8. The van der Waals surface area contributed by atoms with Crippen LogP contribution in [0.4, 0.5) is 0 Å². The summed E-state index contributed by atoms with van der Waals surface area (Å²) in [5, 5.41) is 0. The van der Waals surface area contributed by atoms with Crippen LogP contribution in [0.25, 0.3) is 0 Å². The molecule has 5 heteroatoms. The third kappa shape index (κ3) is 9.55. The fourth-order valence-electron chi connectivity index (χ4n) is 2.09. The second-order valence-corrected chi connectivity index (χ2v) is 5.95. The molecule has 5 nitrogen and oxygen atoms in total. The van der Waals surface area contributed by atoms with Gasteiger partial charge in [0.1, 0.15) is 0 Å². The van der Waals surface area contributed by atoms with E-state index in [9.17, 15) is 9.59 Å². The Kier molecular flexibility index (Phi) is 10.1. The Balaban J connectivity index is 2.38. The minimum atomic E-state index is -0.653. The van der Waals surface area contributed by atoms with Crippen LogP contribution in [0, 0.1) is 0 Å². The van der Waals surface area contributed by atoms with Crippen LogP contribution in [0.1, 0.15) is 52.9 Å². The largest absolute Gasteiger partial charge is 0.487 e. The minimum absolute atomic E-state index is 0.0392. The SMILES string of the molecule is CCCCCCCOC(=O)/C=C/C(=O)Oc1ccccc1OC(C)C. The van der Waals surface area contributed by atoms with Gasteiger partial charge < -0.3 is 14.2 Å². The third-order valence-electron chi connectivity index (χ3n) is 3.27. The second kappa shape index (κ2) is 12.1. The van der Waals surface area contributed by atoms with Gasteiger partial charge in [0, 0.05) is 12.2 Å². The molecule has 0 aliphatic heterocycles. The molecule has 1 aromatic rings. The maximum Gasteiger partial charge on any atom is 0.336 e. The Morgan fingerprint density at radius 2 is 1.60 bits per heavy atom. The molecular formula is C20H28O5. The van der Waals surface area contributed by atoms with Crippen molar-refractivity contribution in [3.63, 3.8) is 0 Å². The molecule has 0 N–H and O–H groups in total. The molecule has 0 unspecified atom stereocenters. The maximum absolute atomic E-state index is 11.8. The number of carbonyl (C=O) groups excluding carboxylic acids is 2. The van der Waals surface area contributed by atoms with Gasteiger partial charge in [0.15, 0.2) is 11.5 Å². The first-order chi connectivity index (χ1) is 12.0. The number of carbonyl (C=O) groups is 2. The Morgan fingerprint density at radius 3 is 2.28 bits per heavy atom. The van der Waals surface area contributed by atoms with Crippen molar-refractivity contribution in [3.8, 4) is 11.5 Å². The lowest BCUT2D eigenvalue weighted by atomic mass is 10.2. The van der Waals surface area contributed by atoms with E-state index in [1.807, 2.05) is 13.8 Å². The third-order valence-corrected chi connectivity index (χ3v) is 3.27. The number of hydrogen-bond donors (Lipinski definition) is 0. The average Bonchev–Trinajstić information content (AvgIpc) is 2.57. The number of hydrogen-bond acceptors (Lipinski definition) is 5. The van der Waals surface area contributed by atoms with E-state index in [0.29, 0.717) is 18.1 Å². The molecule has 0 aliphatic carbocycles. The van der Waals surface area contributed by atoms with E-state index in [1.165, 1.54) is 12.8 Å². The zero-order valence-corrected chi connectivity index (χ0v) is 15.3. The van der Waals surface area contributed by atoms with Gasteiger partial charge in [-0.05, 0) is 32.4 Å². The van der Waals surface area contributed by atoms with Crippen LogP contribution in [0.5, 0.6) is 11.5 Å². The monoisotopic (exact) mass is 348 g/mol. The topological polar surface area (TPSA) is 61.8 Å². The summed E-state index contributed by atoms with van der Waals surface area (Å²) in [6.07, 6.45) is 7.50. The zero-order chi connectivity index (χ0) is 18.5. The van der Waals surface area contributed by atoms with Crippen molar-refractivity contribution >= 4 is 11.9 Å². The number of para-hydroxylation sites is 2. The average molecular weight is 348 g/mol. The van der Waals surface area contributed by atoms with Crippen LogP contribution in [0.3, 0.4) is 0 Å². The molecule has 25 heavy (non-hydrogen) atoms. The van der Waals surface area contributed by atoms with Gasteiger partial charge in [-0.2, -0.15) is 0 Å². The van der Waals surface area contributed by atoms with Gasteiger partial charge >= 0.3 is 11.9 Å². The van der Waals surface area contributed by atoms with Gasteiger partial charge in [0.25, 0.3) is 0 Å². The van der Waals surface area contributed by atoms with Gasteiger partial charge in [-0.15, -0.1) is 0 Å². The number of esters is 2. The predicted octanol–water partition coefficient (Wildman–Crippen LogP) is 4.45. The molecule has 1 rings (SSSR count). The van der Waals surface area contributed by atoms with Crippen molar-refractivity contribution in [2.75, 3.05) is 6.61 Å². The van der Waals surface area contributed by atoms with Gasteiger partial charge in [-0.3, -0.25) is 0 Å². The lowest BCUT2D eigenvalue weighted by Gasteiger charge is -2.13. The second-order valence-electron chi connectivity index (χ2n) is 5.95. The van der Waals surface area contributed by atoms with E-state index in [-0.39, 0.29) is 6.10 Å². The standard InChI is InChI=1S/C20H28O5/c1-4-5-6-7-10-15-23-19(21)13-14-20(22)25-18-12-9-8-11-17(18)24-16(2)3/h8-9,11-14,16H,4-7,10,15H2,1-3H3/b14-13+. The predicted molar refractivity (Wildman–Crippen MR) is 96.7 cm³/mol. The van der Waals surface area contributed by atoms with E-state index in [1.54, 1.807) is 24.3 Å². The van der Waals surface area contributed by atoms with Gasteiger partial charge in [0.2, 0.25) is 0 Å². The lowest BCUT2D eigenvalue weighted by Crippen LogP contribution is -2.10. The summed E-state index contributed by atoms with van der Waals surface area (Å²) in [5.74, 6) is -0.400. The van der Waals surface area contributed by atoms with Crippen molar-refractivity contribution < 1.29 is 23.8 Å². The summed E-state index contributed by atoms with van der Waals surface area (Å²) >= 11 is 0. The molecule has 0 aliphatic rings. The fourth-order valence-corrected chi connectivity index (χ4v) is 2.09. The minimum Gasteiger partial charge on any atom is -0.487 e. The smallest absolute Gasteiger partial charge is 0.336 e. The molecule has 0 radical (unpaired) electrons. The van der Waals surface area contributed by atoms with Gasteiger partial charge in [-0.25, -0.2) is 9.59 Å². The maximum atomic E-state index is 11.8. The Morgan fingerprint density at radius 1 is 0.960 bits per heavy atom. The molecule has 1 aromatic carbocycles. The number of benzene rings is 1. The van der Waals surface area contributed by atoms with Crippen LogP contribution < -0.4 is 9.47 Å². The number of ether oxygens (including phenoxy) is 3. The quantitative estimate of drug-likeness (QED) is 0.256. The Labute approximate surface area is 150 Å². The number of rotatable bonds is 11. The van der Waals surface area contributed by atoms with Crippen LogP contribution in [0.15, 0.2) is 36.4 Å². The van der Waals surface area contributed by atoms with Crippen LogP contribution in [-0.4, -0.2) is 24.6 Å². The van der Waals surface area contributed by atoms with Crippen molar-refractivity contribution in [1.82, 2.24) is 0 Å². The first kappa shape index (κ1) is 20.7. The molecule has 0 fully saturated rings. The van der Waals surface area contributed by atoms with Crippen LogP contribution >= 0.6 is 0 Å². The van der Waals surface area contributed by atoms with E-state index in [4.69, 9.17) is 14.2 Å². The highest BCUT2D eigenvalue weighted by molar-refractivity contribution is 5.92. The van der Waals surface area contributed by atoms with E-state index >= 15 is 0 Å². The highest BCUT2D eigenvalue weighted by Crippen LogP contribution is 2.27. The highest BCUT2D eigenvalue weighted by Gasteiger charge is 2.09. The van der Waals surface area contributed by atoms with Crippen LogP contribution in [0.2, 0.25) is 0 Å². The summed E-state index contributed by atoms with van der Waals surface area (Å²) in [6, 6.07) is 6.90. The van der Waals surface area contributed by atoms with E-state index in [0.717, 1.165) is 31.4 Å². The first-order valence-corrected chi connectivity index (χ1v) is 8.85. The normalized spacial score (nSPS) is 10.9. The van der Waals surface area contributed by atoms with E-state index < -0.39 is 11.9 Å².